The number of carbonyl (C=O) groups is 9. The molecule has 0 aliphatic heterocycles. The second-order valence-corrected chi connectivity index (χ2v) is 10.1. The monoisotopic (exact) mass is 996 g/mol. The van der Waals surface area contributed by atoms with Crippen molar-refractivity contribution >= 4 is 61.1 Å². The van der Waals surface area contributed by atoms with Crippen LogP contribution >= 0.6 is 0 Å². The van der Waals surface area contributed by atoms with Gasteiger partial charge in [-0.1, -0.05) is 181 Å². The Morgan fingerprint density at radius 3 is 0.493 bits per heavy atom. The molecular weight excluding hydrogens is 863 g/mol. The van der Waals surface area contributed by atoms with Crippen LogP contribution < -0.4 is 54.1 Å². The molecule has 0 spiro atoms. The van der Waals surface area contributed by atoms with Crippen molar-refractivity contribution in [2.75, 3.05) is 21.1 Å². The highest BCUT2D eigenvalue weighted by Crippen LogP contribution is 1.97. The first-order valence-corrected chi connectivity index (χ1v) is 20.3. The summed E-state index contributed by atoms with van der Waals surface area (Å²) in [5.74, 6) is 3.49. The van der Waals surface area contributed by atoms with E-state index in [0.717, 1.165) is 30.1 Å². The third kappa shape index (κ3) is 1580. The SMILES string of the molecule is C=O.C=O.C=O.C=O.C=O.C=O.C=O.C=O.C=O.CC.CC.CC.CC(C)C.CC(C)O.CCC(C)C.CCC(C)C.CCC(C)C.CCc1ccccc1.CN.CN.CN.N.N.N.N.N.N. The van der Waals surface area contributed by atoms with Gasteiger partial charge in [-0.15, -0.1) is 0 Å². The Morgan fingerprint density at radius 1 is 0.358 bits per heavy atom. The highest BCUT2D eigenvalue weighted by molar-refractivity contribution is 5.14. The van der Waals surface area contributed by atoms with E-state index in [1.165, 1.54) is 46.0 Å². The smallest absolute Gasteiger partial charge is 0.106 e. The molecule has 0 heterocycles. The van der Waals surface area contributed by atoms with Gasteiger partial charge in [0.2, 0.25) is 0 Å². The van der Waals surface area contributed by atoms with Gasteiger partial charge in [0, 0.05) is 6.10 Å². The maximum atomic E-state index is 8.06. The Morgan fingerprint density at radius 2 is 0.448 bits per heavy atom. The van der Waals surface area contributed by atoms with Gasteiger partial charge in [0.25, 0.3) is 0 Å². The molecule has 1 aromatic carbocycles. The van der Waals surface area contributed by atoms with Crippen LogP contribution in [-0.4, -0.2) is 93.5 Å². The lowest BCUT2D eigenvalue weighted by molar-refractivity contribution is -0.0987. The molecule has 19 heteroatoms. The second-order valence-electron chi connectivity index (χ2n) is 10.1. The van der Waals surface area contributed by atoms with Gasteiger partial charge in [-0.3, -0.25) is 0 Å². The van der Waals surface area contributed by atoms with E-state index in [2.05, 4.69) is 131 Å². The first-order chi connectivity index (χ1) is 29.2. The molecule has 19 nitrogen and oxygen atoms in total. The fraction of sp³-hybridized carbons (Fsp3) is 0.688. The number of hydrogen-bond donors (Lipinski definition) is 10. The van der Waals surface area contributed by atoms with Crippen LogP contribution in [0.15, 0.2) is 30.3 Å². The first kappa shape index (κ1) is 177. The molecule has 1 aromatic rings. The van der Waals surface area contributed by atoms with Crippen molar-refractivity contribution in [1.29, 1.82) is 0 Å². The summed E-state index contributed by atoms with van der Waals surface area (Å²) in [6.45, 7) is 62.0. The van der Waals surface area contributed by atoms with Gasteiger partial charge >= 0.3 is 0 Å². The molecule has 67 heavy (non-hydrogen) atoms. The molecule has 0 atom stereocenters. The number of nitrogens with two attached hydrogens (primary N) is 3. The number of hydrogen-bond acceptors (Lipinski definition) is 19. The number of aliphatic hydroxyl groups excluding tert-OH is 1. The lowest BCUT2D eigenvalue weighted by atomic mass is 10.2. The van der Waals surface area contributed by atoms with E-state index >= 15 is 0 Å². The van der Waals surface area contributed by atoms with Crippen molar-refractivity contribution in [2.45, 2.75) is 177 Å². The van der Waals surface area contributed by atoms with E-state index in [1.807, 2.05) is 109 Å². The minimum atomic E-state index is -0.167. The van der Waals surface area contributed by atoms with E-state index in [1.54, 1.807) is 13.8 Å². The lowest BCUT2D eigenvalue weighted by Crippen LogP contribution is -1.85. The molecule has 25 N–H and O–H groups in total. The van der Waals surface area contributed by atoms with Gasteiger partial charge < -0.3 is 102 Å². The van der Waals surface area contributed by atoms with Crippen molar-refractivity contribution in [2.24, 2.45) is 40.9 Å². The Bertz CT molecular complexity index is 498. The molecule has 0 aromatic heterocycles. The minimum absolute atomic E-state index is 0. The summed E-state index contributed by atoms with van der Waals surface area (Å²) in [5.41, 5.74) is 14.9. The molecule has 0 saturated heterocycles. The first-order valence-electron chi connectivity index (χ1n) is 20.3. The zero-order chi connectivity index (χ0) is 55.8. The van der Waals surface area contributed by atoms with Crippen LogP contribution in [0, 0.1) is 23.7 Å². The Labute approximate surface area is 420 Å². The van der Waals surface area contributed by atoms with Gasteiger partial charge in [0.1, 0.15) is 61.1 Å². The fourth-order valence-electron chi connectivity index (χ4n) is 0.714. The van der Waals surface area contributed by atoms with Crippen LogP contribution in [0.3, 0.4) is 0 Å². The van der Waals surface area contributed by atoms with Gasteiger partial charge in [-0.05, 0) is 70.6 Å². The van der Waals surface area contributed by atoms with Crippen molar-refractivity contribution in [1.82, 2.24) is 36.9 Å². The summed E-state index contributed by atoms with van der Waals surface area (Å²) in [7, 11) is 4.50. The largest absolute Gasteiger partial charge is 0.394 e. The maximum Gasteiger partial charge on any atom is 0.106 e. The maximum absolute atomic E-state index is 8.06. The van der Waals surface area contributed by atoms with E-state index in [0.29, 0.717) is 0 Å². The highest BCUT2D eigenvalue weighted by Gasteiger charge is 1.81. The van der Waals surface area contributed by atoms with E-state index in [4.69, 9.17) is 48.3 Å². The molecule has 0 fully saturated rings. The molecule has 0 bridgehead atoms. The van der Waals surface area contributed by atoms with Crippen LogP contribution in [0.2, 0.25) is 0 Å². The summed E-state index contributed by atoms with van der Waals surface area (Å²) >= 11 is 0. The quantitative estimate of drug-likeness (QED) is 0.134. The molecular formula is C48H133N9O10. The van der Waals surface area contributed by atoms with Gasteiger partial charge in [-0.25, -0.2) is 0 Å². The van der Waals surface area contributed by atoms with Crippen LogP contribution in [0.1, 0.15) is 170 Å². The number of carbonyl (C=O) groups excluding carboxylic acids is 9. The normalized spacial score (nSPS) is 5.39. The minimum Gasteiger partial charge on any atom is -0.394 e. The van der Waals surface area contributed by atoms with E-state index in [-0.39, 0.29) is 43.0 Å². The Balaban J connectivity index is -0.0000000112. The molecule has 0 aliphatic rings. The molecule has 0 amide bonds. The van der Waals surface area contributed by atoms with Crippen molar-refractivity contribution < 1.29 is 48.3 Å². The topological polar surface area (TPSA) is 462 Å². The molecule has 0 aliphatic carbocycles. The number of aryl methyl sites for hydroxylation is 1. The Hall–Kier alpha value is -4.15. The molecule has 0 unspecified atom stereocenters. The zero-order valence-electron chi connectivity index (χ0n) is 49.6. The van der Waals surface area contributed by atoms with E-state index in [9.17, 15) is 0 Å². The van der Waals surface area contributed by atoms with Crippen LogP contribution in [-0.2, 0) is 49.6 Å². The van der Waals surface area contributed by atoms with Crippen molar-refractivity contribution in [3.8, 4) is 0 Å². The standard InChI is InChI=1S/C8H10.3C5H12.C4H10.C3H8O.3C2H6.3CH5N.9CH2O.6H3N/c1-2-8-6-4-3-5-7-8;3*1-4-5(2)3;1-4(2)3;1-3(2)4;15*1-2;;;;;;/h3-7H,2H2,1H3;3*5H,4H2,1-3H3;4H,1-3H3;3-4H,1-2H3;3*1-2H3;3*2H2,1H3;9*1H2;6*1H3. The predicted molar refractivity (Wildman–Crippen MR) is 308 cm³/mol. The molecule has 1 rings (SSSR count). The fourth-order valence-corrected chi connectivity index (χ4v) is 0.714. The third-order valence-corrected chi connectivity index (χ3v) is 3.70. The molecule has 0 saturated carbocycles. The van der Waals surface area contributed by atoms with Crippen LogP contribution in [0.25, 0.3) is 0 Å². The predicted octanol–water partition coefficient (Wildman–Crippen LogP) is 11.6. The summed E-state index contributed by atoms with van der Waals surface area (Å²) in [5, 5.41) is 8.06. The van der Waals surface area contributed by atoms with E-state index < -0.39 is 0 Å². The number of aliphatic hydroxyl groups is 1. The Kier molecular flexibility index (Phi) is 1160. The molecule has 430 valence electrons. The summed E-state index contributed by atoms with van der Waals surface area (Å²) in [6.07, 6.45) is 4.89. The summed E-state index contributed by atoms with van der Waals surface area (Å²) in [6, 6.07) is 10.5. The third-order valence-electron chi connectivity index (χ3n) is 3.70. The van der Waals surface area contributed by atoms with Gasteiger partial charge in [-0.2, -0.15) is 0 Å². The average Bonchev–Trinajstić information content (AvgIpc) is 3.36. The zero-order valence-corrected chi connectivity index (χ0v) is 49.6. The van der Waals surface area contributed by atoms with Gasteiger partial charge in [0.05, 0.1) is 0 Å². The summed E-state index contributed by atoms with van der Waals surface area (Å²) in [4.78, 5) is 72.0. The molecule has 0 radical (unpaired) electrons. The van der Waals surface area contributed by atoms with Crippen LogP contribution in [0.5, 0.6) is 0 Å². The number of rotatable bonds is 4. The summed E-state index contributed by atoms with van der Waals surface area (Å²) < 4.78 is 0. The lowest BCUT2D eigenvalue weighted by Gasteiger charge is -1.90. The van der Waals surface area contributed by atoms with Gasteiger partial charge in [0.15, 0.2) is 0 Å². The van der Waals surface area contributed by atoms with Crippen molar-refractivity contribution in [3.63, 3.8) is 0 Å². The average molecular weight is 997 g/mol. The van der Waals surface area contributed by atoms with Crippen molar-refractivity contribution in [3.05, 3.63) is 35.9 Å². The highest BCUT2D eigenvalue weighted by atomic mass is 16.3. The van der Waals surface area contributed by atoms with Crippen LogP contribution in [0.4, 0.5) is 0 Å². The second kappa shape index (κ2) is 439. The number of benzene rings is 1.